The Balaban J connectivity index is 3.46. The lowest BCUT2D eigenvalue weighted by Gasteiger charge is -2.08. The normalized spacial score (nSPS) is 11.7. The van der Waals surface area contributed by atoms with Crippen molar-refractivity contribution in [3.8, 4) is 6.07 Å². The first-order chi connectivity index (χ1) is 5.22. The van der Waals surface area contributed by atoms with Gasteiger partial charge in [-0.25, -0.2) is 0 Å². The van der Waals surface area contributed by atoms with Crippen LogP contribution in [0.4, 0.5) is 0 Å². The third kappa shape index (κ3) is 4.34. The molecule has 0 rings (SSSR count). The first-order valence-corrected chi connectivity index (χ1v) is 3.39. The highest BCUT2D eigenvalue weighted by atomic mass is 16.5. The van der Waals surface area contributed by atoms with Crippen LogP contribution in [0, 0.1) is 11.3 Å². The number of amides is 1. The maximum absolute atomic E-state index is 10.9. The van der Waals surface area contributed by atoms with Crippen LogP contribution in [-0.2, 0) is 9.53 Å². The summed E-state index contributed by atoms with van der Waals surface area (Å²) in [6, 6.07) is 1.92. The van der Waals surface area contributed by atoms with E-state index in [0.29, 0.717) is 13.0 Å². The van der Waals surface area contributed by atoms with Crippen molar-refractivity contribution in [2.24, 2.45) is 0 Å². The molecule has 1 unspecified atom stereocenters. The molecule has 1 atom stereocenters. The molecule has 4 heteroatoms. The Morgan fingerprint density at radius 1 is 1.82 bits per heavy atom. The van der Waals surface area contributed by atoms with Gasteiger partial charge in [0.1, 0.15) is 6.10 Å². The Bertz CT molecular complexity index is 162. The van der Waals surface area contributed by atoms with Crippen LogP contribution >= 0.6 is 0 Å². The van der Waals surface area contributed by atoms with E-state index in [0.717, 1.165) is 0 Å². The molecule has 4 nitrogen and oxygen atoms in total. The summed E-state index contributed by atoms with van der Waals surface area (Å²) in [6.45, 7) is 2.05. The monoisotopic (exact) mass is 156 g/mol. The molecule has 0 aliphatic carbocycles. The number of carbonyl (C=O) groups is 1. The van der Waals surface area contributed by atoms with Crippen LogP contribution in [0.1, 0.15) is 13.3 Å². The number of carbonyl (C=O) groups excluding carboxylic acids is 1. The second-order valence-corrected chi connectivity index (χ2v) is 2.08. The molecule has 0 radical (unpaired) electrons. The summed E-state index contributed by atoms with van der Waals surface area (Å²) >= 11 is 0. The van der Waals surface area contributed by atoms with Crippen LogP contribution in [-0.4, -0.2) is 25.7 Å². The minimum Gasteiger partial charge on any atom is -0.372 e. The van der Waals surface area contributed by atoms with Gasteiger partial charge in [-0.2, -0.15) is 5.26 Å². The summed E-state index contributed by atoms with van der Waals surface area (Å²) in [5.74, 6) is -0.178. The number of nitrogens with one attached hydrogen (secondary N) is 1. The molecule has 0 aliphatic rings. The van der Waals surface area contributed by atoms with Gasteiger partial charge < -0.3 is 10.1 Å². The summed E-state index contributed by atoms with van der Waals surface area (Å²) in [4.78, 5) is 10.9. The fourth-order valence-electron chi connectivity index (χ4n) is 0.492. The van der Waals surface area contributed by atoms with Gasteiger partial charge in [-0.15, -0.1) is 0 Å². The maximum Gasteiger partial charge on any atom is 0.248 e. The minimum absolute atomic E-state index is 0.178. The molecule has 1 N–H and O–H groups in total. The van der Waals surface area contributed by atoms with Gasteiger partial charge in [-0.05, 0) is 6.92 Å². The Morgan fingerprint density at radius 2 is 2.45 bits per heavy atom. The molecule has 0 aromatic heterocycles. The van der Waals surface area contributed by atoms with Crippen molar-refractivity contribution >= 4 is 5.91 Å². The van der Waals surface area contributed by atoms with Crippen LogP contribution in [0.3, 0.4) is 0 Å². The van der Waals surface area contributed by atoms with Gasteiger partial charge >= 0.3 is 0 Å². The van der Waals surface area contributed by atoms with E-state index < -0.39 is 6.10 Å². The number of rotatable bonds is 4. The van der Waals surface area contributed by atoms with Gasteiger partial charge in [-0.1, -0.05) is 0 Å². The largest absolute Gasteiger partial charge is 0.372 e. The van der Waals surface area contributed by atoms with Gasteiger partial charge in [0.05, 0.1) is 12.5 Å². The molecular formula is C7H12N2O2. The van der Waals surface area contributed by atoms with E-state index in [-0.39, 0.29) is 5.91 Å². The zero-order valence-electron chi connectivity index (χ0n) is 6.76. The molecule has 11 heavy (non-hydrogen) atoms. The van der Waals surface area contributed by atoms with Crippen molar-refractivity contribution in [2.75, 3.05) is 13.7 Å². The molecule has 0 saturated carbocycles. The zero-order chi connectivity index (χ0) is 8.69. The zero-order valence-corrected chi connectivity index (χ0v) is 6.76. The van der Waals surface area contributed by atoms with E-state index in [9.17, 15) is 4.79 Å². The van der Waals surface area contributed by atoms with Crippen molar-refractivity contribution in [1.82, 2.24) is 5.32 Å². The standard InChI is InChI=1S/C7H12N2O2/c1-6(11-2)7(10)9-5-3-4-8/h6H,3,5H2,1-2H3,(H,9,10). The summed E-state index contributed by atoms with van der Waals surface area (Å²) < 4.78 is 4.75. The smallest absolute Gasteiger partial charge is 0.248 e. The van der Waals surface area contributed by atoms with E-state index in [1.807, 2.05) is 6.07 Å². The third-order valence-electron chi connectivity index (χ3n) is 1.26. The molecule has 0 aromatic rings. The molecule has 0 aromatic carbocycles. The highest BCUT2D eigenvalue weighted by Gasteiger charge is 2.09. The molecule has 0 fully saturated rings. The third-order valence-corrected chi connectivity index (χ3v) is 1.26. The van der Waals surface area contributed by atoms with Crippen LogP contribution in [0.5, 0.6) is 0 Å². The molecule has 1 amide bonds. The Hall–Kier alpha value is -1.08. The van der Waals surface area contributed by atoms with E-state index >= 15 is 0 Å². The van der Waals surface area contributed by atoms with Crippen LogP contribution in [0.15, 0.2) is 0 Å². The molecule has 0 bridgehead atoms. The van der Waals surface area contributed by atoms with Gasteiger partial charge in [-0.3, -0.25) is 4.79 Å². The van der Waals surface area contributed by atoms with Gasteiger partial charge in [0.25, 0.3) is 0 Å². The predicted octanol–water partition coefficient (Wildman–Crippen LogP) is 0.0512. The summed E-state index contributed by atoms with van der Waals surface area (Å²) in [5, 5.41) is 10.7. The fourth-order valence-corrected chi connectivity index (χ4v) is 0.492. The number of nitriles is 1. The van der Waals surface area contributed by atoms with Crippen molar-refractivity contribution in [2.45, 2.75) is 19.4 Å². The lowest BCUT2D eigenvalue weighted by atomic mass is 10.3. The van der Waals surface area contributed by atoms with E-state index in [1.165, 1.54) is 7.11 Å². The molecule has 0 heterocycles. The topological polar surface area (TPSA) is 62.1 Å². The highest BCUT2D eigenvalue weighted by molar-refractivity contribution is 5.80. The number of ether oxygens (including phenoxy) is 1. The van der Waals surface area contributed by atoms with Crippen molar-refractivity contribution in [3.63, 3.8) is 0 Å². The van der Waals surface area contributed by atoms with Gasteiger partial charge in [0.15, 0.2) is 0 Å². The molecular weight excluding hydrogens is 144 g/mol. The minimum atomic E-state index is -0.436. The predicted molar refractivity (Wildman–Crippen MR) is 39.7 cm³/mol. The fraction of sp³-hybridized carbons (Fsp3) is 0.714. The van der Waals surface area contributed by atoms with Gasteiger partial charge in [0.2, 0.25) is 5.91 Å². The number of methoxy groups -OCH3 is 1. The van der Waals surface area contributed by atoms with E-state index in [4.69, 9.17) is 10.00 Å². The molecule has 0 saturated heterocycles. The van der Waals surface area contributed by atoms with E-state index in [2.05, 4.69) is 5.32 Å². The van der Waals surface area contributed by atoms with Crippen molar-refractivity contribution in [1.29, 1.82) is 5.26 Å². The number of hydrogen-bond acceptors (Lipinski definition) is 3. The second kappa shape index (κ2) is 5.69. The lowest BCUT2D eigenvalue weighted by Crippen LogP contribution is -2.34. The molecule has 0 spiro atoms. The Kier molecular flexibility index (Phi) is 5.13. The summed E-state index contributed by atoms with van der Waals surface area (Å²) in [5.41, 5.74) is 0. The first kappa shape index (κ1) is 9.92. The van der Waals surface area contributed by atoms with Crippen LogP contribution in [0.25, 0.3) is 0 Å². The highest BCUT2D eigenvalue weighted by Crippen LogP contribution is 1.86. The molecule has 0 aliphatic heterocycles. The van der Waals surface area contributed by atoms with Crippen molar-refractivity contribution < 1.29 is 9.53 Å². The summed E-state index contributed by atoms with van der Waals surface area (Å²) in [6.07, 6.45) is -0.101. The maximum atomic E-state index is 10.9. The quantitative estimate of drug-likeness (QED) is 0.585. The average Bonchev–Trinajstić information content (AvgIpc) is 2.03. The lowest BCUT2D eigenvalue weighted by molar-refractivity contribution is -0.129. The average molecular weight is 156 g/mol. The van der Waals surface area contributed by atoms with Crippen LogP contribution in [0.2, 0.25) is 0 Å². The SMILES string of the molecule is COC(C)C(=O)NCCC#N. The summed E-state index contributed by atoms with van der Waals surface area (Å²) in [7, 11) is 1.47. The number of nitrogens with zero attached hydrogens (tertiary/aromatic N) is 1. The second-order valence-electron chi connectivity index (χ2n) is 2.08. The van der Waals surface area contributed by atoms with Crippen molar-refractivity contribution in [3.05, 3.63) is 0 Å². The van der Waals surface area contributed by atoms with Gasteiger partial charge in [0, 0.05) is 13.7 Å². The Morgan fingerprint density at radius 3 is 2.91 bits per heavy atom. The number of hydrogen-bond donors (Lipinski definition) is 1. The van der Waals surface area contributed by atoms with Crippen LogP contribution < -0.4 is 5.32 Å². The first-order valence-electron chi connectivity index (χ1n) is 3.39. The molecule has 62 valence electrons. The Labute approximate surface area is 66.1 Å². The van der Waals surface area contributed by atoms with E-state index in [1.54, 1.807) is 6.92 Å².